The molecule has 2 heterocycles. The Morgan fingerprint density at radius 3 is 2.60 bits per heavy atom. The van der Waals surface area contributed by atoms with Crippen molar-refractivity contribution in [3.05, 3.63) is 51.9 Å². The third kappa shape index (κ3) is 5.18. The predicted octanol–water partition coefficient (Wildman–Crippen LogP) is 3.15. The van der Waals surface area contributed by atoms with Gasteiger partial charge in [-0.2, -0.15) is 18.3 Å². The maximum Gasteiger partial charge on any atom is 0.416 e. The van der Waals surface area contributed by atoms with Crippen LogP contribution in [0.4, 0.5) is 24.5 Å². The smallest absolute Gasteiger partial charge is 0.378 e. The summed E-state index contributed by atoms with van der Waals surface area (Å²) >= 11 is 0. The Hall–Kier alpha value is -2.88. The molecule has 30 heavy (non-hydrogen) atoms. The lowest BCUT2D eigenvalue weighted by atomic mass is 10.1. The summed E-state index contributed by atoms with van der Waals surface area (Å²) in [5, 5.41) is 6.60. The van der Waals surface area contributed by atoms with Crippen LogP contribution in [0.3, 0.4) is 0 Å². The summed E-state index contributed by atoms with van der Waals surface area (Å²) in [7, 11) is 0. The number of aryl methyl sites for hydroxylation is 1. The molecule has 1 aliphatic heterocycles. The highest BCUT2D eigenvalue weighted by Crippen LogP contribution is 2.35. The lowest BCUT2D eigenvalue weighted by molar-refractivity contribution is -0.137. The number of morpholine rings is 1. The number of amides is 1. The number of halogens is 3. The molecule has 0 aliphatic carbocycles. The van der Waals surface area contributed by atoms with Crippen molar-refractivity contribution in [2.75, 3.05) is 36.5 Å². The van der Waals surface area contributed by atoms with Crippen LogP contribution in [0.2, 0.25) is 0 Å². The summed E-state index contributed by atoms with van der Waals surface area (Å²) in [6.07, 6.45) is -2.99. The van der Waals surface area contributed by atoms with Crippen LogP contribution in [-0.2, 0) is 17.5 Å². The molecule has 3 rings (SSSR count). The Balaban J connectivity index is 1.91. The van der Waals surface area contributed by atoms with E-state index in [-0.39, 0.29) is 16.9 Å². The van der Waals surface area contributed by atoms with Crippen molar-refractivity contribution in [1.82, 2.24) is 9.78 Å². The third-order valence-electron chi connectivity index (χ3n) is 4.75. The summed E-state index contributed by atoms with van der Waals surface area (Å²) in [4.78, 5) is 26.5. The molecule has 1 amide bonds. The highest BCUT2D eigenvalue weighted by Gasteiger charge is 2.32. The molecule has 1 aromatic carbocycles. The van der Waals surface area contributed by atoms with Crippen molar-refractivity contribution < 1.29 is 22.7 Å². The fourth-order valence-electron chi connectivity index (χ4n) is 3.12. The fraction of sp³-hybridized carbons (Fsp3) is 0.450. The van der Waals surface area contributed by atoms with Crippen LogP contribution in [0.25, 0.3) is 0 Å². The van der Waals surface area contributed by atoms with Crippen molar-refractivity contribution >= 4 is 17.3 Å². The van der Waals surface area contributed by atoms with Crippen molar-refractivity contribution in [1.29, 1.82) is 0 Å². The number of ether oxygens (including phenoxy) is 1. The number of nitrogens with one attached hydrogen (secondary N) is 1. The first-order chi connectivity index (χ1) is 14.3. The second-order valence-corrected chi connectivity index (χ2v) is 6.92. The second-order valence-electron chi connectivity index (χ2n) is 6.92. The van der Waals surface area contributed by atoms with Gasteiger partial charge in [0.1, 0.15) is 5.69 Å². The molecule has 1 saturated heterocycles. The number of anilines is 2. The molecule has 1 aliphatic rings. The lowest BCUT2D eigenvalue weighted by Gasteiger charge is -2.31. The molecule has 1 N–H and O–H groups in total. The maximum absolute atomic E-state index is 13.2. The Morgan fingerprint density at radius 1 is 1.20 bits per heavy atom. The van der Waals surface area contributed by atoms with Crippen LogP contribution in [0.15, 0.2) is 35.1 Å². The molecule has 10 heteroatoms. The summed E-state index contributed by atoms with van der Waals surface area (Å²) < 4.78 is 46.1. The number of aromatic nitrogens is 2. The number of benzene rings is 1. The van der Waals surface area contributed by atoms with Crippen molar-refractivity contribution in [2.24, 2.45) is 0 Å². The van der Waals surface area contributed by atoms with Crippen LogP contribution >= 0.6 is 0 Å². The SMILES string of the molecule is CCCCn1nc(C(=O)Nc2cc(C(F)(F)F)ccc2N2CCOCC2)ccc1=O. The van der Waals surface area contributed by atoms with Crippen LogP contribution < -0.4 is 15.8 Å². The molecule has 0 bridgehead atoms. The number of nitrogens with zero attached hydrogens (tertiary/aromatic N) is 3. The maximum atomic E-state index is 13.2. The van der Waals surface area contributed by atoms with Gasteiger partial charge in [0.15, 0.2) is 0 Å². The van der Waals surface area contributed by atoms with Gasteiger partial charge >= 0.3 is 6.18 Å². The van der Waals surface area contributed by atoms with Gasteiger partial charge < -0.3 is 15.0 Å². The largest absolute Gasteiger partial charge is 0.416 e. The highest BCUT2D eigenvalue weighted by atomic mass is 19.4. The van der Waals surface area contributed by atoms with E-state index in [4.69, 9.17) is 4.74 Å². The number of carbonyl (C=O) groups excluding carboxylic acids is 1. The van der Waals surface area contributed by atoms with Gasteiger partial charge in [-0.3, -0.25) is 9.59 Å². The van der Waals surface area contributed by atoms with Crippen LogP contribution in [0.1, 0.15) is 35.8 Å². The quantitative estimate of drug-likeness (QED) is 0.771. The summed E-state index contributed by atoms with van der Waals surface area (Å²) in [5.41, 5.74) is -0.747. The Kier molecular flexibility index (Phi) is 6.76. The summed E-state index contributed by atoms with van der Waals surface area (Å²) in [5.74, 6) is -0.686. The zero-order valence-electron chi connectivity index (χ0n) is 16.5. The first kappa shape index (κ1) is 21.8. The van der Waals surface area contributed by atoms with Gasteiger partial charge in [0, 0.05) is 25.7 Å². The zero-order chi connectivity index (χ0) is 21.7. The van der Waals surface area contributed by atoms with Crippen LogP contribution in [0.5, 0.6) is 0 Å². The molecule has 1 aromatic heterocycles. The molecule has 2 aromatic rings. The number of carbonyl (C=O) groups is 1. The monoisotopic (exact) mass is 424 g/mol. The first-order valence-electron chi connectivity index (χ1n) is 9.73. The number of alkyl halides is 3. The van der Waals surface area contributed by atoms with E-state index in [1.165, 1.54) is 22.9 Å². The third-order valence-corrected chi connectivity index (χ3v) is 4.75. The molecular weight excluding hydrogens is 401 g/mol. The van der Waals surface area contributed by atoms with E-state index < -0.39 is 17.6 Å². The minimum absolute atomic E-state index is 0.0323. The number of unbranched alkanes of at least 4 members (excludes halogenated alkanes) is 1. The molecule has 162 valence electrons. The number of hydrogen-bond donors (Lipinski definition) is 1. The summed E-state index contributed by atoms with van der Waals surface area (Å²) in [6.45, 7) is 4.20. The second kappa shape index (κ2) is 9.29. The van der Waals surface area contributed by atoms with E-state index in [0.717, 1.165) is 18.6 Å². The Labute approximate surface area is 171 Å². The van der Waals surface area contributed by atoms with E-state index in [0.29, 0.717) is 45.0 Å². The Bertz CT molecular complexity index is 953. The molecule has 0 saturated carbocycles. The standard InChI is InChI=1S/C20H23F3N4O3/c1-2-3-8-27-18(28)7-5-15(25-27)19(29)24-16-13-14(20(21,22)23)4-6-17(16)26-9-11-30-12-10-26/h4-7,13H,2-3,8-12H2,1H3,(H,24,29). The number of rotatable bonds is 6. The van der Waals surface area contributed by atoms with E-state index >= 15 is 0 Å². The van der Waals surface area contributed by atoms with Gasteiger partial charge in [0.25, 0.3) is 11.5 Å². The fourth-order valence-corrected chi connectivity index (χ4v) is 3.12. The molecule has 0 radical (unpaired) electrons. The van der Waals surface area contributed by atoms with Gasteiger partial charge in [0.05, 0.1) is 30.2 Å². The lowest BCUT2D eigenvalue weighted by Crippen LogP contribution is -2.37. The van der Waals surface area contributed by atoms with E-state index in [9.17, 15) is 22.8 Å². The molecule has 0 spiro atoms. The van der Waals surface area contributed by atoms with E-state index in [2.05, 4.69) is 10.4 Å². The molecule has 0 atom stereocenters. The average Bonchev–Trinajstić information content (AvgIpc) is 2.73. The van der Waals surface area contributed by atoms with Crippen molar-refractivity contribution in [3.8, 4) is 0 Å². The highest BCUT2D eigenvalue weighted by molar-refractivity contribution is 6.04. The topological polar surface area (TPSA) is 76.5 Å². The van der Waals surface area contributed by atoms with Crippen LogP contribution in [0, 0.1) is 0 Å². The molecule has 1 fully saturated rings. The van der Waals surface area contributed by atoms with Gasteiger partial charge in [-0.15, -0.1) is 0 Å². The van der Waals surface area contributed by atoms with Gasteiger partial charge in [-0.05, 0) is 30.7 Å². The zero-order valence-corrected chi connectivity index (χ0v) is 16.5. The van der Waals surface area contributed by atoms with Crippen LogP contribution in [-0.4, -0.2) is 42.0 Å². The molecule has 7 nitrogen and oxygen atoms in total. The number of hydrogen-bond acceptors (Lipinski definition) is 5. The van der Waals surface area contributed by atoms with Crippen molar-refractivity contribution in [3.63, 3.8) is 0 Å². The van der Waals surface area contributed by atoms with Crippen molar-refractivity contribution in [2.45, 2.75) is 32.5 Å². The minimum atomic E-state index is -4.55. The molecule has 0 unspecified atom stereocenters. The summed E-state index contributed by atoms with van der Waals surface area (Å²) in [6, 6.07) is 5.74. The first-order valence-corrected chi connectivity index (χ1v) is 9.73. The predicted molar refractivity (Wildman–Crippen MR) is 106 cm³/mol. The average molecular weight is 424 g/mol. The van der Waals surface area contributed by atoms with E-state index in [1.54, 1.807) is 0 Å². The van der Waals surface area contributed by atoms with Gasteiger partial charge in [-0.1, -0.05) is 13.3 Å². The molecular formula is C20H23F3N4O3. The minimum Gasteiger partial charge on any atom is -0.378 e. The van der Waals surface area contributed by atoms with Gasteiger partial charge in [-0.25, -0.2) is 4.68 Å². The van der Waals surface area contributed by atoms with Gasteiger partial charge in [0.2, 0.25) is 0 Å². The van der Waals surface area contributed by atoms with E-state index in [1.807, 2.05) is 11.8 Å². The normalized spacial score (nSPS) is 14.6. The Morgan fingerprint density at radius 2 is 1.93 bits per heavy atom.